The summed E-state index contributed by atoms with van der Waals surface area (Å²) >= 11 is 0. The van der Waals surface area contributed by atoms with E-state index in [0.717, 1.165) is 18.4 Å². The zero-order chi connectivity index (χ0) is 19.0. The first-order valence-electron chi connectivity index (χ1n) is 9.04. The lowest BCUT2D eigenvalue weighted by Gasteiger charge is -2.31. The first-order valence-corrected chi connectivity index (χ1v) is 9.04. The number of guanidine groups is 1. The van der Waals surface area contributed by atoms with Crippen LogP contribution in [-0.2, 0) is 6.54 Å². The predicted octanol–water partition coefficient (Wildman–Crippen LogP) is 4.27. The molecule has 0 amide bonds. The Kier molecular flexibility index (Phi) is 10.2. The number of alkyl halides is 3. The molecule has 0 radical (unpaired) electrons. The maximum atomic E-state index is 12.9. The third-order valence-corrected chi connectivity index (χ3v) is 4.41. The monoisotopic (exact) mass is 500 g/mol. The Bertz CT molecular complexity index is 581. The first kappa shape index (κ1) is 23.8. The van der Waals surface area contributed by atoms with Crippen molar-refractivity contribution in [3.63, 3.8) is 0 Å². The SMILES string of the molecule is CCCOc1ccc(CNC(=NC)NC2CCCC(C(F)(F)F)C2)cn1.I. The number of nitrogens with zero attached hydrogens (tertiary/aromatic N) is 2. The molecule has 1 aromatic rings. The molecule has 1 aliphatic carbocycles. The molecule has 0 aliphatic heterocycles. The maximum Gasteiger partial charge on any atom is 0.391 e. The molecule has 0 spiro atoms. The first-order chi connectivity index (χ1) is 12.4. The molecule has 1 aliphatic rings. The van der Waals surface area contributed by atoms with Gasteiger partial charge in [-0.1, -0.05) is 19.4 Å². The minimum Gasteiger partial charge on any atom is -0.478 e. The predicted molar refractivity (Wildman–Crippen MR) is 111 cm³/mol. The van der Waals surface area contributed by atoms with Gasteiger partial charge in [0.25, 0.3) is 0 Å². The molecule has 2 unspecified atom stereocenters. The lowest BCUT2D eigenvalue weighted by molar-refractivity contribution is -0.183. The fraction of sp³-hybridized carbons (Fsp3) is 0.667. The van der Waals surface area contributed by atoms with Crippen LogP contribution in [0.5, 0.6) is 5.88 Å². The van der Waals surface area contributed by atoms with Crippen LogP contribution < -0.4 is 15.4 Å². The topological polar surface area (TPSA) is 58.5 Å². The fourth-order valence-corrected chi connectivity index (χ4v) is 3.00. The Balaban J connectivity index is 0.00000364. The average Bonchev–Trinajstić information content (AvgIpc) is 2.64. The summed E-state index contributed by atoms with van der Waals surface area (Å²) in [6.07, 6.45) is 0.112. The number of halogens is 4. The van der Waals surface area contributed by atoms with Crippen molar-refractivity contribution in [2.75, 3.05) is 13.7 Å². The van der Waals surface area contributed by atoms with Gasteiger partial charge in [0.05, 0.1) is 12.5 Å². The van der Waals surface area contributed by atoms with Gasteiger partial charge in [-0.05, 0) is 31.2 Å². The number of pyridine rings is 1. The molecular formula is C18H28F3IN4O. The second-order valence-corrected chi connectivity index (χ2v) is 6.53. The Morgan fingerprint density at radius 3 is 2.70 bits per heavy atom. The van der Waals surface area contributed by atoms with E-state index in [4.69, 9.17) is 4.74 Å². The zero-order valence-corrected chi connectivity index (χ0v) is 18.0. The number of hydrogen-bond acceptors (Lipinski definition) is 3. The molecule has 5 nitrogen and oxygen atoms in total. The summed E-state index contributed by atoms with van der Waals surface area (Å²) in [5, 5.41) is 6.24. The number of ether oxygens (including phenoxy) is 1. The van der Waals surface area contributed by atoms with Gasteiger partial charge in [0.2, 0.25) is 5.88 Å². The molecule has 1 fully saturated rings. The molecule has 154 valence electrons. The van der Waals surface area contributed by atoms with Crippen molar-refractivity contribution < 1.29 is 17.9 Å². The van der Waals surface area contributed by atoms with Crippen LogP contribution in [0.2, 0.25) is 0 Å². The summed E-state index contributed by atoms with van der Waals surface area (Å²) in [5.41, 5.74) is 0.939. The third kappa shape index (κ3) is 8.10. The van der Waals surface area contributed by atoms with Crippen LogP contribution in [0.1, 0.15) is 44.6 Å². The number of hydrogen-bond donors (Lipinski definition) is 2. The normalized spacial score (nSPS) is 20.6. The Labute approximate surface area is 175 Å². The van der Waals surface area contributed by atoms with Crippen LogP contribution in [0, 0.1) is 5.92 Å². The summed E-state index contributed by atoms with van der Waals surface area (Å²) < 4.78 is 44.2. The highest BCUT2D eigenvalue weighted by atomic mass is 127. The Hall–Kier alpha value is -1.26. The summed E-state index contributed by atoms with van der Waals surface area (Å²) in [7, 11) is 1.61. The standard InChI is InChI=1S/C18H27F3N4O.HI/c1-3-9-26-16-8-7-13(11-23-16)12-24-17(22-2)25-15-6-4-5-14(10-15)18(19,20)21;/h7-8,11,14-15H,3-6,9-10,12H2,1-2H3,(H2,22,24,25);1H. The second kappa shape index (κ2) is 11.6. The van der Waals surface area contributed by atoms with Gasteiger partial charge in [0.1, 0.15) is 0 Å². The van der Waals surface area contributed by atoms with E-state index in [2.05, 4.69) is 20.6 Å². The molecule has 0 bridgehead atoms. The molecular weight excluding hydrogens is 472 g/mol. The fourth-order valence-electron chi connectivity index (χ4n) is 3.00. The lowest BCUT2D eigenvalue weighted by Crippen LogP contribution is -2.46. The van der Waals surface area contributed by atoms with Crippen LogP contribution in [0.3, 0.4) is 0 Å². The average molecular weight is 500 g/mol. The summed E-state index contributed by atoms with van der Waals surface area (Å²) in [5.74, 6) is -0.144. The van der Waals surface area contributed by atoms with E-state index in [1.807, 2.05) is 13.0 Å². The quantitative estimate of drug-likeness (QED) is 0.348. The van der Waals surface area contributed by atoms with E-state index < -0.39 is 12.1 Å². The van der Waals surface area contributed by atoms with E-state index in [1.165, 1.54) is 0 Å². The number of rotatable bonds is 6. The van der Waals surface area contributed by atoms with Crippen LogP contribution in [0.25, 0.3) is 0 Å². The summed E-state index contributed by atoms with van der Waals surface area (Å²) in [6.45, 7) is 3.14. The molecule has 2 rings (SSSR count). The zero-order valence-electron chi connectivity index (χ0n) is 15.7. The minimum absolute atomic E-state index is 0. The Morgan fingerprint density at radius 1 is 1.33 bits per heavy atom. The van der Waals surface area contributed by atoms with Gasteiger partial charge in [-0.25, -0.2) is 4.98 Å². The highest BCUT2D eigenvalue weighted by Gasteiger charge is 2.42. The van der Waals surface area contributed by atoms with E-state index in [0.29, 0.717) is 31.4 Å². The van der Waals surface area contributed by atoms with Crippen molar-refractivity contribution in [2.45, 2.75) is 57.8 Å². The second-order valence-electron chi connectivity index (χ2n) is 6.53. The van der Waals surface area contributed by atoms with Crippen LogP contribution in [0.4, 0.5) is 13.2 Å². The summed E-state index contributed by atoms with van der Waals surface area (Å²) in [4.78, 5) is 8.34. The minimum atomic E-state index is -4.12. The van der Waals surface area contributed by atoms with Gasteiger partial charge in [0.15, 0.2) is 5.96 Å². The van der Waals surface area contributed by atoms with E-state index in [9.17, 15) is 13.2 Å². The van der Waals surface area contributed by atoms with Crippen molar-refractivity contribution in [3.8, 4) is 5.88 Å². The molecule has 0 aromatic carbocycles. The van der Waals surface area contributed by atoms with Gasteiger partial charge in [-0.2, -0.15) is 13.2 Å². The molecule has 1 aromatic heterocycles. The van der Waals surface area contributed by atoms with Crippen LogP contribution >= 0.6 is 24.0 Å². The van der Waals surface area contributed by atoms with Gasteiger partial charge in [-0.15, -0.1) is 24.0 Å². The van der Waals surface area contributed by atoms with E-state index in [-0.39, 0.29) is 42.9 Å². The Morgan fingerprint density at radius 2 is 2.11 bits per heavy atom. The highest BCUT2D eigenvalue weighted by Crippen LogP contribution is 2.37. The van der Waals surface area contributed by atoms with Gasteiger partial charge < -0.3 is 15.4 Å². The molecule has 9 heteroatoms. The van der Waals surface area contributed by atoms with Crippen molar-refractivity contribution in [2.24, 2.45) is 10.9 Å². The van der Waals surface area contributed by atoms with Crippen molar-refractivity contribution in [3.05, 3.63) is 23.9 Å². The van der Waals surface area contributed by atoms with Crippen molar-refractivity contribution in [1.29, 1.82) is 0 Å². The molecule has 2 N–H and O–H groups in total. The molecule has 1 heterocycles. The summed E-state index contributed by atoms with van der Waals surface area (Å²) in [6, 6.07) is 3.49. The van der Waals surface area contributed by atoms with E-state index >= 15 is 0 Å². The molecule has 1 saturated carbocycles. The molecule has 2 atom stereocenters. The number of aliphatic imine (C=N–C) groups is 1. The van der Waals surface area contributed by atoms with Crippen molar-refractivity contribution >= 4 is 29.9 Å². The molecule has 27 heavy (non-hydrogen) atoms. The van der Waals surface area contributed by atoms with E-state index in [1.54, 1.807) is 19.3 Å². The molecule has 0 saturated heterocycles. The largest absolute Gasteiger partial charge is 0.478 e. The smallest absolute Gasteiger partial charge is 0.391 e. The third-order valence-electron chi connectivity index (χ3n) is 4.41. The van der Waals surface area contributed by atoms with Crippen LogP contribution in [0.15, 0.2) is 23.3 Å². The lowest BCUT2D eigenvalue weighted by atomic mass is 9.85. The number of nitrogens with one attached hydrogen (secondary N) is 2. The maximum absolute atomic E-state index is 12.9. The van der Waals surface area contributed by atoms with Gasteiger partial charge in [0, 0.05) is 31.9 Å². The van der Waals surface area contributed by atoms with Crippen molar-refractivity contribution in [1.82, 2.24) is 15.6 Å². The van der Waals surface area contributed by atoms with Crippen LogP contribution in [-0.4, -0.2) is 36.8 Å². The van der Waals surface area contributed by atoms with Gasteiger partial charge >= 0.3 is 6.18 Å². The number of aromatic nitrogens is 1. The van der Waals surface area contributed by atoms with Gasteiger partial charge in [-0.3, -0.25) is 4.99 Å². The highest BCUT2D eigenvalue weighted by molar-refractivity contribution is 14.0.